The van der Waals surface area contributed by atoms with Crippen LogP contribution in [0.5, 0.6) is 5.75 Å². The van der Waals surface area contributed by atoms with E-state index < -0.39 is 9.84 Å². The van der Waals surface area contributed by atoms with Crippen LogP contribution in [0.3, 0.4) is 0 Å². The van der Waals surface area contributed by atoms with E-state index in [1.54, 1.807) is 24.3 Å². The predicted octanol–water partition coefficient (Wildman–Crippen LogP) is 3.94. The Labute approximate surface area is 184 Å². The van der Waals surface area contributed by atoms with Crippen LogP contribution in [0.1, 0.15) is 25.5 Å². The molecule has 7 heteroatoms. The van der Waals surface area contributed by atoms with Crippen LogP contribution in [-0.4, -0.2) is 40.3 Å². The van der Waals surface area contributed by atoms with Crippen LogP contribution in [0.15, 0.2) is 76.6 Å². The van der Waals surface area contributed by atoms with E-state index >= 15 is 0 Å². The molecule has 0 spiro atoms. The fraction of sp³-hybridized carbons (Fsp3) is 0.292. The van der Waals surface area contributed by atoms with Crippen LogP contribution >= 0.6 is 0 Å². The summed E-state index contributed by atoms with van der Waals surface area (Å²) < 4.78 is 28.7. The Kier molecular flexibility index (Phi) is 7.52. The van der Waals surface area contributed by atoms with Crippen LogP contribution in [0.2, 0.25) is 0 Å². The standard InChI is InChI=1S/C24H29N3O3S/c1-4-25-24(26-15-16-30-22-11-13-23(14-12-22)31(3,28)29)27-18(2)20-10-9-19-7-5-6-8-21(19)17-20/h5-14,17-18H,4,15-16H2,1-3H3,(H2,25,26,27). The predicted molar refractivity (Wildman–Crippen MR) is 127 cm³/mol. The van der Waals surface area contributed by atoms with Crippen LogP contribution in [-0.2, 0) is 9.84 Å². The molecule has 1 atom stereocenters. The summed E-state index contributed by atoms with van der Waals surface area (Å²) in [7, 11) is -3.20. The van der Waals surface area contributed by atoms with Crippen molar-refractivity contribution in [3.05, 3.63) is 72.3 Å². The molecule has 0 heterocycles. The van der Waals surface area contributed by atoms with Gasteiger partial charge in [-0.2, -0.15) is 0 Å². The van der Waals surface area contributed by atoms with Crippen LogP contribution in [0, 0.1) is 0 Å². The van der Waals surface area contributed by atoms with Gasteiger partial charge in [0, 0.05) is 12.8 Å². The fourth-order valence-corrected chi connectivity index (χ4v) is 3.82. The molecule has 3 rings (SSSR count). The first kappa shape index (κ1) is 22.6. The summed E-state index contributed by atoms with van der Waals surface area (Å²) in [5.74, 6) is 1.34. The lowest BCUT2D eigenvalue weighted by Crippen LogP contribution is -2.39. The summed E-state index contributed by atoms with van der Waals surface area (Å²) in [6, 6.07) is 21.3. The highest BCUT2D eigenvalue weighted by molar-refractivity contribution is 7.90. The topological polar surface area (TPSA) is 79.8 Å². The number of benzene rings is 3. The highest BCUT2D eigenvalue weighted by atomic mass is 32.2. The van der Waals surface area contributed by atoms with Crippen molar-refractivity contribution in [2.45, 2.75) is 24.8 Å². The maximum atomic E-state index is 11.5. The number of rotatable bonds is 8. The van der Waals surface area contributed by atoms with E-state index in [1.807, 2.05) is 19.1 Å². The van der Waals surface area contributed by atoms with Crippen molar-refractivity contribution >= 4 is 26.6 Å². The van der Waals surface area contributed by atoms with E-state index in [9.17, 15) is 8.42 Å². The van der Waals surface area contributed by atoms with Crippen molar-refractivity contribution < 1.29 is 13.2 Å². The minimum absolute atomic E-state index is 0.0897. The second-order valence-electron chi connectivity index (χ2n) is 7.33. The van der Waals surface area contributed by atoms with Gasteiger partial charge in [0.1, 0.15) is 12.4 Å². The van der Waals surface area contributed by atoms with E-state index in [1.165, 1.54) is 22.6 Å². The van der Waals surface area contributed by atoms with Gasteiger partial charge in [0.25, 0.3) is 0 Å². The third-order valence-electron chi connectivity index (χ3n) is 4.85. The third-order valence-corrected chi connectivity index (χ3v) is 5.98. The average molecular weight is 440 g/mol. The van der Waals surface area contributed by atoms with Crippen molar-refractivity contribution in [2.75, 3.05) is 26.0 Å². The Morgan fingerprint density at radius 3 is 2.42 bits per heavy atom. The Morgan fingerprint density at radius 2 is 1.74 bits per heavy atom. The van der Waals surface area contributed by atoms with E-state index in [0.29, 0.717) is 18.9 Å². The highest BCUT2D eigenvalue weighted by Gasteiger charge is 2.09. The average Bonchev–Trinajstić information content (AvgIpc) is 2.76. The Balaban J connectivity index is 1.57. The lowest BCUT2D eigenvalue weighted by Gasteiger charge is -2.19. The van der Waals surface area contributed by atoms with E-state index in [2.05, 4.69) is 52.9 Å². The van der Waals surface area contributed by atoms with E-state index in [4.69, 9.17) is 4.74 Å². The van der Waals surface area contributed by atoms with Gasteiger partial charge >= 0.3 is 0 Å². The molecule has 164 valence electrons. The minimum atomic E-state index is -3.20. The zero-order valence-electron chi connectivity index (χ0n) is 18.1. The van der Waals surface area contributed by atoms with Gasteiger partial charge in [-0.1, -0.05) is 36.4 Å². The van der Waals surface area contributed by atoms with E-state index in [-0.39, 0.29) is 10.9 Å². The normalized spacial score (nSPS) is 13.1. The van der Waals surface area contributed by atoms with Gasteiger partial charge in [0.15, 0.2) is 15.8 Å². The van der Waals surface area contributed by atoms with Gasteiger partial charge < -0.3 is 15.4 Å². The Morgan fingerprint density at radius 1 is 1.03 bits per heavy atom. The monoisotopic (exact) mass is 439 g/mol. The third kappa shape index (κ3) is 6.46. The molecule has 2 N–H and O–H groups in total. The zero-order valence-corrected chi connectivity index (χ0v) is 18.9. The molecule has 0 fully saturated rings. The Bertz CT molecular complexity index is 1140. The molecule has 3 aromatic carbocycles. The lowest BCUT2D eigenvalue weighted by molar-refractivity contribution is 0.328. The number of hydrogen-bond donors (Lipinski definition) is 2. The molecule has 0 bridgehead atoms. The summed E-state index contributed by atoms with van der Waals surface area (Å²) in [4.78, 5) is 4.86. The van der Waals surface area contributed by atoms with Crippen molar-refractivity contribution in [3.63, 3.8) is 0 Å². The van der Waals surface area contributed by atoms with Crippen molar-refractivity contribution in [2.24, 2.45) is 4.99 Å². The number of nitrogens with one attached hydrogen (secondary N) is 2. The second-order valence-corrected chi connectivity index (χ2v) is 9.34. The van der Waals surface area contributed by atoms with Crippen LogP contribution in [0.25, 0.3) is 10.8 Å². The van der Waals surface area contributed by atoms with Crippen molar-refractivity contribution in [1.29, 1.82) is 0 Å². The molecule has 0 aliphatic carbocycles. The first-order valence-corrected chi connectivity index (χ1v) is 12.2. The molecule has 0 saturated carbocycles. The molecule has 0 radical (unpaired) electrons. The summed E-state index contributed by atoms with van der Waals surface area (Å²) >= 11 is 0. The zero-order chi connectivity index (χ0) is 22.3. The molecular weight excluding hydrogens is 410 g/mol. The maximum Gasteiger partial charge on any atom is 0.191 e. The summed E-state index contributed by atoms with van der Waals surface area (Å²) in [5.41, 5.74) is 1.19. The quantitative estimate of drug-likeness (QED) is 0.316. The Hall–Kier alpha value is -3.06. The number of ether oxygens (including phenoxy) is 1. The summed E-state index contributed by atoms with van der Waals surface area (Å²) in [6.45, 7) is 5.74. The number of fused-ring (bicyclic) bond motifs is 1. The number of guanidine groups is 1. The molecule has 31 heavy (non-hydrogen) atoms. The van der Waals surface area contributed by atoms with Gasteiger partial charge in [-0.05, 0) is 60.5 Å². The number of nitrogens with zero attached hydrogens (tertiary/aromatic N) is 1. The number of hydrogen-bond acceptors (Lipinski definition) is 4. The first-order chi connectivity index (χ1) is 14.9. The van der Waals surface area contributed by atoms with Gasteiger partial charge in [-0.3, -0.25) is 0 Å². The number of sulfone groups is 1. The first-order valence-electron chi connectivity index (χ1n) is 10.3. The van der Waals surface area contributed by atoms with Gasteiger partial charge in [0.2, 0.25) is 0 Å². The second kappa shape index (κ2) is 10.3. The smallest absolute Gasteiger partial charge is 0.191 e. The van der Waals surface area contributed by atoms with Gasteiger partial charge in [-0.25, -0.2) is 13.4 Å². The van der Waals surface area contributed by atoms with Crippen molar-refractivity contribution in [3.8, 4) is 5.75 Å². The SMILES string of the molecule is CCNC(=NCCOc1ccc(S(C)(=O)=O)cc1)NC(C)c1ccc2ccccc2c1. The molecule has 0 amide bonds. The minimum Gasteiger partial charge on any atom is -0.492 e. The van der Waals surface area contributed by atoms with Crippen LogP contribution in [0.4, 0.5) is 0 Å². The largest absolute Gasteiger partial charge is 0.492 e. The molecule has 1 unspecified atom stereocenters. The molecule has 0 aliphatic rings. The summed E-state index contributed by atoms with van der Waals surface area (Å²) in [5, 5.41) is 9.13. The summed E-state index contributed by atoms with van der Waals surface area (Å²) in [6.07, 6.45) is 1.19. The molecule has 0 aliphatic heterocycles. The molecular formula is C24H29N3O3S. The molecule has 0 aromatic heterocycles. The van der Waals surface area contributed by atoms with Crippen molar-refractivity contribution in [1.82, 2.24) is 10.6 Å². The molecule has 3 aromatic rings. The lowest BCUT2D eigenvalue weighted by atomic mass is 10.0. The van der Waals surface area contributed by atoms with E-state index in [0.717, 1.165) is 12.5 Å². The molecule has 0 saturated heterocycles. The van der Waals surface area contributed by atoms with Crippen LogP contribution < -0.4 is 15.4 Å². The number of aliphatic imine (C=N–C) groups is 1. The van der Waals surface area contributed by atoms with Gasteiger partial charge in [-0.15, -0.1) is 0 Å². The van der Waals surface area contributed by atoms with Gasteiger partial charge in [0.05, 0.1) is 17.5 Å². The maximum absolute atomic E-state index is 11.5. The molecule has 6 nitrogen and oxygen atoms in total. The fourth-order valence-electron chi connectivity index (χ4n) is 3.19. The highest BCUT2D eigenvalue weighted by Crippen LogP contribution is 2.20.